The van der Waals surface area contributed by atoms with E-state index in [0.717, 1.165) is 31.2 Å². The normalized spacial score (nSPS) is 19.6. The number of anilines is 2. The van der Waals surface area contributed by atoms with E-state index in [0.29, 0.717) is 17.9 Å². The predicted octanol–water partition coefficient (Wildman–Crippen LogP) is 3.53. The Morgan fingerprint density at radius 3 is 2.23 bits per heavy atom. The van der Waals surface area contributed by atoms with Gasteiger partial charge >= 0.3 is 0 Å². The summed E-state index contributed by atoms with van der Waals surface area (Å²) in [5, 5.41) is 2.82. The van der Waals surface area contributed by atoms with Crippen molar-refractivity contribution in [2.45, 2.75) is 50.0 Å². The maximum atomic E-state index is 12.7. The van der Waals surface area contributed by atoms with Gasteiger partial charge in [0.05, 0.1) is 10.8 Å². The van der Waals surface area contributed by atoms with Crippen molar-refractivity contribution in [3.05, 3.63) is 54.1 Å². The molecule has 7 nitrogen and oxygen atoms in total. The molecule has 2 aliphatic rings. The molecule has 0 spiro atoms. The number of aryl methyl sites for hydroxylation is 1. The van der Waals surface area contributed by atoms with Crippen LogP contribution in [-0.4, -0.2) is 37.7 Å². The van der Waals surface area contributed by atoms with Crippen molar-refractivity contribution in [3.8, 4) is 0 Å². The molecular weight excluding hydrogens is 414 g/mol. The zero-order chi connectivity index (χ0) is 22.0. The topological polar surface area (TPSA) is 95.6 Å². The molecule has 1 aliphatic carbocycles. The van der Waals surface area contributed by atoms with Crippen molar-refractivity contribution in [3.63, 3.8) is 0 Å². The highest BCUT2D eigenvalue weighted by Gasteiger charge is 2.38. The summed E-state index contributed by atoms with van der Waals surface area (Å²) in [5.74, 6) is -0.530. The van der Waals surface area contributed by atoms with Crippen LogP contribution < -0.4 is 10.0 Å². The van der Waals surface area contributed by atoms with Gasteiger partial charge in [0, 0.05) is 30.4 Å². The Balaban J connectivity index is 1.37. The Morgan fingerprint density at radius 1 is 0.968 bits per heavy atom. The number of carbonyl (C=O) groups is 2. The lowest BCUT2D eigenvalue weighted by atomic mass is 10.1. The third kappa shape index (κ3) is 4.90. The van der Waals surface area contributed by atoms with E-state index in [1.165, 1.54) is 12.1 Å². The minimum absolute atomic E-state index is 0.0515. The molecule has 2 fully saturated rings. The van der Waals surface area contributed by atoms with Crippen molar-refractivity contribution < 1.29 is 18.0 Å². The number of benzene rings is 2. The molecule has 0 bridgehead atoms. The summed E-state index contributed by atoms with van der Waals surface area (Å²) < 4.78 is 27.7. The number of nitrogens with zero attached hydrogens (tertiary/aromatic N) is 1. The zero-order valence-electron chi connectivity index (χ0n) is 17.5. The third-order valence-corrected chi connectivity index (χ3v) is 7.43. The van der Waals surface area contributed by atoms with Crippen LogP contribution >= 0.6 is 0 Å². The molecule has 1 aliphatic heterocycles. The van der Waals surface area contributed by atoms with Gasteiger partial charge in [0.1, 0.15) is 0 Å². The molecule has 2 N–H and O–H groups in total. The van der Waals surface area contributed by atoms with Gasteiger partial charge in [-0.15, -0.1) is 0 Å². The Labute approximate surface area is 182 Å². The first-order valence-electron chi connectivity index (χ1n) is 10.6. The summed E-state index contributed by atoms with van der Waals surface area (Å²) in [5.41, 5.74) is 2.03. The average Bonchev–Trinajstić information content (AvgIpc) is 3.39. The van der Waals surface area contributed by atoms with Crippen LogP contribution in [0.1, 0.15) is 37.7 Å². The highest BCUT2D eigenvalue weighted by molar-refractivity contribution is 7.92. The molecule has 4 rings (SSSR count). The van der Waals surface area contributed by atoms with Crippen LogP contribution in [0.5, 0.6) is 0 Å². The van der Waals surface area contributed by atoms with Crippen LogP contribution in [0.15, 0.2) is 53.4 Å². The molecule has 2 amide bonds. The number of amides is 2. The van der Waals surface area contributed by atoms with Gasteiger partial charge in [-0.2, -0.15) is 0 Å². The fourth-order valence-corrected chi connectivity index (χ4v) is 5.33. The molecule has 31 heavy (non-hydrogen) atoms. The van der Waals surface area contributed by atoms with Gasteiger partial charge in [0.2, 0.25) is 11.8 Å². The highest BCUT2D eigenvalue weighted by atomic mass is 32.2. The largest absolute Gasteiger partial charge is 0.339 e. The van der Waals surface area contributed by atoms with E-state index < -0.39 is 10.0 Å². The predicted molar refractivity (Wildman–Crippen MR) is 119 cm³/mol. The molecular formula is C23H27N3O4S. The van der Waals surface area contributed by atoms with Crippen LogP contribution in [0.2, 0.25) is 0 Å². The SMILES string of the molecule is Cc1ccc(NS(=O)(=O)c2ccc(NC(=O)C3CC(=O)N(C4CCCC4)C3)cc2)cc1. The standard InChI is InChI=1S/C23H27N3O4S/c1-16-6-8-19(9-7-16)25-31(29,30)21-12-10-18(11-13-21)24-23(28)17-14-22(27)26(15-17)20-4-2-3-5-20/h6-13,17,20,25H,2-5,14-15H2,1H3,(H,24,28). The Bertz CT molecular complexity index is 1060. The zero-order valence-corrected chi connectivity index (χ0v) is 18.3. The lowest BCUT2D eigenvalue weighted by Gasteiger charge is -2.23. The van der Waals surface area contributed by atoms with E-state index >= 15 is 0 Å². The lowest BCUT2D eigenvalue weighted by molar-refractivity contribution is -0.129. The maximum absolute atomic E-state index is 12.7. The molecule has 2 aromatic carbocycles. The Morgan fingerprint density at radius 2 is 1.58 bits per heavy atom. The van der Waals surface area contributed by atoms with Crippen molar-refractivity contribution in [2.24, 2.45) is 5.92 Å². The highest BCUT2D eigenvalue weighted by Crippen LogP contribution is 2.30. The van der Waals surface area contributed by atoms with Crippen LogP contribution in [-0.2, 0) is 19.6 Å². The number of nitrogens with one attached hydrogen (secondary N) is 2. The van der Waals surface area contributed by atoms with E-state index in [4.69, 9.17) is 0 Å². The molecule has 164 valence electrons. The molecule has 2 aromatic rings. The van der Waals surface area contributed by atoms with E-state index in [1.807, 2.05) is 24.0 Å². The first kappa shape index (κ1) is 21.4. The van der Waals surface area contributed by atoms with Crippen LogP contribution in [0.3, 0.4) is 0 Å². The minimum Gasteiger partial charge on any atom is -0.339 e. The maximum Gasteiger partial charge on any atom is 0.261 e. The van der Waals surface area contributed by atoms with E-state index in [1.54, 1.807) is 24.3 Å². The van der Waals surface area contributed by atoms with Crippen molar-refractivity contribution >= 4 is 33.2 Å². The quantitative estimate of drug-likeness (QED) is 0.717. The summed E-state index contributed by atoms with van der Waals surface area (Å²) in [6.07, 6.45) is 4.55. The molecule has 1 unspecified atom stereocenters. The number of hydrogen-bond acceptors (Lipinski definition) is 4. The van der Waals surface area contributed by atoms with Gasteiger partial charge in [-0.3, -0.25) is 14.3 Å². The minimum atomic E-state index is -3.73. The van der Waals surface area contributed by atoms with E-state index in [2.05, 4.69) is 10.0 Å². The monoisotopic (exact) mass is 441 g/mol. The number of likely N-dealkylation sites (tertiary alicyclic amines) is 1. The Kier molecular flexibility index (Phi) is 6.00. The molecule has 1 heterocycles. The van der Waals surface area contributed by atoms with E-state index in [-0.39, 0.29) is 35.1 Å². The first-order valence-corrected chi connectivity index (χ1v) is 12.1. The summed E-state index contributed by atoms with van der Waals surface area (Å²) in [6.45, 7) is 2.39. The second-order valence-electron chi connectivity index (χ2n) is 8.37. The smallest absolute Gasteiger partial charge is 0.261 e. The van der Waals surface area contributed by atoms with Gasteiger partial charge in [-0.05, 0) is 56.2 Å². The molecule has 0 radical (unpaired) electrons. The van der Waals surface area contributed by atoms with Crippen molar-refractivity contribution in [1.29, 1.82) is 0 Å². The third-order valence-electron chi connectivity index (χ3n) is 6.03. The van der Waals surface area contributed by atoms with Gasteiger partial charge in [-0.1, -0.05) is 30.5 Å². The van der Waals surface area contributed by atoms with Gasteiger partial charge in [0.25, 0.3) is 10.0 Å². The van der Waals surface area contributed by atoms with Gasteiger partial charge < -0.3 is 10.2 Å². The summed E-state index contributed by atoms with van der Waals surface area (Å²) in [6, 6.07) is 13.4. The van der Waals surface area contributed by atoms with Crippen LogP contribution in [0.25, 0.3) is 0 Å². The first-order chi connectivity index (χ1) is 14.8. The lowest BCUT2D eigenvalue weighted by Crippen LogP contribution is -2.35. The summed E-state index contributed by atoms with van der Waals surface area (Å²) >= 11 is 0. The van der Waals surface area contributed by atoms with E-state index in [9.17, 15) is 18.0 Å². The molecule has 1 saturated carbocycles. The summed E-state index contributed by atoms with van der Waals surface area (Å²) in [7, 11) is -3.73. The second kappa shape index (κ2) is 8.70. The fourth-order valence-electron chi connectivity index (χ4n) is 4.27. The Hall–Kier alpha value is -2.87. The van der Waals surface area contributed by atoms with Gasteiger partial charge in [-0.25, -0.2) is 8.42 Å². The number of rotatable bonds is 6. The molecule has 1 atom stereocenters. The van der Waals surface area contributed by atoms with Gasteiger partial charge in [0.15, 0.2) is 0 Å². The number of carbonyl (C=O) groups excluding carboxylic acids is 2. The molecule has 0 aromatic heterocycles. The molecule has 8 heteroatoms. The van der Waals surface area contributed by atoms with Crippen molar-refractivity contribution in [1.82, 2.24) is 4.90 Å². The second-order valence-corrected chi connectivity index (χ2v) is 10.1. The van der Waals surface area contributed by atoms with Crippen LogP contribution in [0.4, 0.5) is 11.4 Å². The fraction of sp³-hybridized carbons (Fsp3) is 0.391. The number of hydrogen-bond donors (Lipinski definition) is 2. The molecule has 1 saturated heterocycles. The average molecular weight is 442 g/mol. The summed E-state index contributed by atoms with van der Waals surface area (Å²) in [4.78, 5) is 26.9. The number of sulfonamides is 1. The van der Waals surface area contributed by atoms with Crippen LogP contribution in [0, 0.1) is 12.8 Å². The van der Waals surface area contributed by atoms with Crippen molar-refractivity contribution in [2.75, 3.05) is 16.6 Å².